The van der Waals surface area contributed by atoms with Crippen LogP contribution in [0.1, 0.15) is 30.0 Å². The van der Waals surface area contributed by atoms with E-state index in [4.69, 9.17) is 9.15 Å². The number of amides is 1. The van der Waals surface area contributed by atoms with Gasteiger partial charge in [0.1, 0.15) is 11.9 Å². The lowest BCUT2D eigenvalue weighted by Gasteiger charge is -2.31. The summed E-state index contributed by atoms with van der Waals surface area (Å²) >= 11 is 0. The van der Waals surface area contributed by atoms with Crippen LogP contribution in [0.3, 0.4) is 0 Å². The van der Waals surface area contributed by atoms with Crippen molar-refractivity contribution in [1.29, 1.82) is 0 Å². The summed E-state index contributed by atoms with van der Waals surface area (Å²) in [4.78, 5) is 22.9. The van der Waals surface area contributed by atoms with Crippen LogP contribution in [0, 0.1) is 13.8 Å². The minimum atomic E-state index is 0.0103. The zero-order chi connectivity index (χ0) is 17.6. The van der Waals surface area contributed by atoms with Crippen molar-refractivity contribution in [3.8, 4) is 5.88 Å². The number of hydrogen-bond acceptors (Lipinski definition) is 6. The van der Waals surface area contributed by atoms with Crippen LogP contribution in [0.5, 0.6) is 5.88 Å². The van der Waals surface area contributed by atoms with E-state index in [1.807, 2.05) is 26.0 Å². The summed E-state index contributed by atoms with van der Waals surface area (Å²) in [6.07, 6.45) is 5.22. The highest BCUT2D eigenvalue weighted by Gasteiger charge is 2.23. The van der Waals surface area contributed by atoms with Crippen molar-refractivity contribution < 1.29 is 13.9 Å². The van der Waals surface area contributed by atoms with Gasteiger partial charge >= 0.3 is 0 Å². The molecule has 0 aliphatic carbocycles. The number of nitrogens with one attached hydrogen (secondary N) is 1. The Bertz CT molecular complexity index is 694. The molecule has 7 heteroatoms. The number of hydrogen-bond donors (Lipinski definition) is 1. The third-order valence-corrected chi connectivity index (χ3v) is 4.25. The monoisotopic (exact) mass is 344 g/mol. The van der Waals surface area contributed by atoms with Gasteiger partial charge in [-0.2, -0.15) is 0 Å². The van der Waals surface area contributed by atoms with E-state index in [0.29, 0.717) is 19.0 Å². The summed E-state index contributed by atoms with van der Waals surface area (Å²) in [7, 11) is 0. The molecule has 2 aromatic heterocycles. The molecule has 134 valence electrons. The number of aryl methyl sites for hydroxylation is 2. The molecular formula is C18H24N4O3. The maximum atomic E-state index is 12.0. The first kappa shape index (κ1) is 17.4. The van der Waals surface area contributed by atoms with E-state index >= 15 is 0 Å². The zero-order valence-electron chi connectivity index (χ0n) is 14.7. The van der Waals surface area contributed by atoms with Gasteiger partial charge in [-0.05, 0) is 38.8 Å². The summed E-state index contributed by atoms with van der Waals surface area (Å²) in [5.74, 6) is 1.39. The van der Waals surface area contributed by atoms with Crippen LogP contribution in [0.4, 0.5) is 0 Å². The molecule has 2 aromatic rings. The van der Waals surface area contributed by atoms with Gasteiger partial charge in [0.2, 0.25) is 11.8 Å². The van der Waals surface area contributed by atoms with Crippen molar-refractivity contribution in [3.63, 3.8) is 0 Å². The van der Waals surface area contributed by atoms with Gasteiger partial charge < -0.3 is 14.5 Å². The molecule has 0 radical (unpaired) electrons. The third kappa shape index (κ3) is 5.03. The Hall–Kier alpha value is -2.41. The van der Waals surface area contributed by atoms with Gasteiger partial charge in [0.15, 0.2) is 0 Å². The van der Waals surface area contributed by atoms with Crippen molar-refractivity contribution >= 4 is 5.91 Å². The van der Waals surface area contributed by atoms with E-state index in [2.05, 4.69) is 20.2 Å². The average Bonchev–Trinajstić information content (AvgIpc) is 3.12. The average molecular weight is 344 g/mol. The molecule has 3 rings (SSSR count). The van der Waals surface area contributed by atoms with Gasteiger partial charge in [-0.1, -0.05) is 0 Å². The Labute approximate surface area is 147 Å². The smallest absolute Gasteiger partial charge is 0.235 e. The van der Waals surface area contributed by atoms with Gasteiger partial charge in [-0.25, -0.2) is 4.98 Å². The van der Waals surface area contributed by atoms with Crippen molar-refractivity contribution in [2.24, 2.45) is 0 Å². The SMILES string of the molecule is Cc1cnc(C)c(OC2CCN(CC(=O)NCc3ccco3)CC2)n1. The first-order valence-corrected chi connectivity index (χ1v) is 8.58. The lowest BCUT2D eigenvalue weighted by atomic mass is 10.1. The molecular weight excluding hydrogens is 320 g/mol. The van der Waals surface area contributed by atoms with E-state index in [9.17, 15) is 4.79 Å². The Morgan fingerprint density at radius 3 is 2.92 bits per heavy atom. The predicted octanol–water partition coefficient (Wildman–Crippen LogP) is 1.85. The quantitative estimate of drug-likeness (QED) is 0.861. The molecule has 0 atom stereocenters. The minimum Gasteiger partial charge on any atom is -0.473 e. The standard InChI is InChI=1S/C18H24N4O3/c1-13-10-19-14(2)18(21-13)25-15-5-7-22(8-6-15)12-17(23)20-11-16-4-3-9-24-16/h3-4,9-10,15H,5-8,11-12H2,1-2H3,(H,20,23). The number of rotatable bonds is 6. The highest BCUT2D eigenvalue weighted by Crippen LogP contribution is 2.19. The van der Waals surface area contributed by atoms with Crippen LogP contribution >= 0.6 is 0 Å². The molecule has 7 nitrogen and oxygen atoms in total. The molecule has 3 heterocycles. The fourth-order valence-electron chi connectivity index (χ4n) is 2.83. The molecule has 25 heavy (non-hydrogen) atoms. The molecule has 1 fully saturated rings. The van der Waals surface area contributed by atoms with Crippen LogP contribution < -0.4 is 10.1 Å². The van der Waals surface area contributed by atoms with Crippen LogP contribution in [0.15, 0.2) is 29.0 Å². The van der Waals surface area contributed by atoms with Crippen molar-refractivity contribution in [2.45, 2.75) is 39.3 Å². The molecule has 1 aliphatic rings. The molecule has 1 amide bonds. The molecule has 0 saturated carbocycles. The summed E-state index contributed by atoms with van der Waals surface area (Å²) in [6.45, 7) is 6.30. The number of nitrogens with zero attached hydrogens (tertiary/aromatic N) is 3. The van der Waals surface area contributed by atoms with Gasteiger partial charge in [0, 0.05) is 19.3 Å². The van der Waals surface area contributed by atoms with Crippen molar-refractivity contribution in [1.82, 2.24) is 20.2 Å². The number of likely N-dealkylation sites (tertiary alicyclic amines) is 1. The normalized spacial score (nSPS) is 15.9. The van der Waals surface area contributed by atoms with Crippen molar-refractivity contribution in [3.05, 3.63) is 41.7 Å². The van der Waals surface area contributed by atoms with E-state index in [0.717, 1.165) is 43.1 Å². The predicted molar refractivity (Wildman–Crippen MR) is 92.2 cm³/mol. The zero-order valence-corrected chi connectivity index (χ0v) is 14.7. The Balaban J connectivity index is 1.41. The van der Waals surface area contributed by atoms with Gasteiger partial charge in [-0.15, -0.1) is 0 Å². The van der Waals surface area contributed by atoms with E-state index in [1.165, 1.54) is 0 Å². The molecule has 1 N–H and O–H groups in total. The van der Waals surface area contributed by atoms with Crippen LogP contribution in [-0.4, -0.2) is 46.5 Å². The fraction of sp³-hybridized carbons (Fsp3) is 0.500. The number of carbonyl (C=O) groups excluding carboxylic acids is 1. The largest absolute Gasteiger partial charge is 0.473 e. The Morgan fingerprint density at radius 1 is 1.40 bits per heavy atom. The summed E-state index contributed by atoms with van der Waals surface area (Å²) in [6, 6.07) is 3.66. The summed E-state index contributed by atoms with van der Waals surface area (Å²) in [5, 5.41) is 2.87. The number of ether oxygens (including phenoxy) is 1. The fourth-order valence-corrected chi connectivity index (χ4v) is 2.83. The number of carbonyl (C=O) groups is 1. The Kier molecular flexibility index (Phi) is 5.65. The maximum absolute atomic E-state index is 12.0. The second-order valence-corrected chi connectivity index (χ2v) is 6.35. The van der Waals surface area contributed by atoms with Crippen LogP contribution in [0.25, 0.3) is 0 Å². The summed E-state index contributed by atoms with van der Waals surface area (Å²) in [5.41, 5.74) is 1.66. The van der Waals surface area contributed by atoms with E-state index < -0.39 is 0 Å². The lowest BCUT2D eigenvalue weighted by Crippen LogP contribution is -2.43. The first-order chi connectivity index (χ1) is 12.1. The number of piperidine rings is 1. The lowest BCUT2D eigenvalue weighted by molar-refractivity contribution is -0.123. The second kappa shape index (κ2) is 8.11. The topological polar surface area (TPSA) is 80.5 Å². The summed E-state index contributed by atoms with van der Waals surface area (Å²) < 4.78 is 11.2. The van der Waals surface area contributed by atoms with Crippen molar-refractivity contribution in [2.75, 3.05) is 19.6 Å². The van der Waals surface area contributed by atoms with Gasteiger partial charge in [-0.3, -0.25) is 14.7 Å². The maximum Gasteiger partial charge on any atom is 0.235 e. The van der Waals surface area contributed by atoms with E-state index in [1.54, 1.807) is 12.5 Å². The molecule has 1 saturated heterocycles. The number of furan rings is 1. The molecule has 1 aliphatic heterocycles. The van der Waals surface area contributed by atoms with Crippen LogP contribution in [0.2, 0.25) is 0 Å². The highest BCUT2D eigenvalue weighted by atomic mass is 16.5. The second-order valence-electron chi connectivity index (χ2n) is 6.35. The molecule has 0 unspecified atom stereocenters. The molecule has 0 bridgehead atoms. The third-order valence-electron chi connectivity index (χ3n) is 4.25. The first-order valence-electron chi connectivity index (χ1n) is 8.58. The van der Waals surface area contributed by atoms with Crippen LogP contribution in [-0.2, 0) is 11.3 Å². The highest BCUT2D eigenvalue weighted by molar-refractivity contribution is 5.77. The molecule has 0 spiro atoms. The van der Waals surface area contributed by atoms with E-state index in [-0.39, 0.29) is 12.0 Å². The Morgan fingerprint density at radius 2 is 2.20 bits per heavy atom. The number of aromatic nitrogens is 2. The van der Waals surface area contributed by atoms with Gasteiger partial charge in [0.05, 0.1) is 30.7 Å². The minimum absolute atomic E-state index is 0.0103. The molecule has 0 aromatic carbocycles. The van der Waals surface area contributed by atoms with Gasteiger partial charge in [0.25, 0.3) is 0 Å².